The quantitative estimate of drug-likeness (QED) is 0.837. The summed E-state index contributed by atoms with van der Waals surface area (Å²) in [6.07, 6.45) is 3.63. The normalized spacial score (nSPS) is 22.1. The molecule has 1 aliphatic carbocycles. The molecule has 0 aliphatic heterocycles. The summed E-state index contributed by atoms with van der Waals surface area (Å²) in [5.74, 6) is 1.07. The second kappa shape index (κ2) is 6.75. The monoisotopic (exact) mass is 276 g/mol. The number of rotatable bonds is 6. The standard InChI is InChI=1S/C16H24N2O2/c1-11(2)20-13-8-6-12(7-9-13)14-4-3-5-15(14)18-10-16(17)19/h6-9,11,14-15,18H,3-5,10H2,1-2H3,(H2,17,19)/t14-,15+/m0/s1. The van der Waals surface area contributed by atoms with Gasteiger partial charge in [0, 0.05) is 6.04 Å². The molecule has 0 aromatic heterocycles. The maximum absolute atomic E-state index is 10.9. The van der Waals surface area contributed by atoms with Crippen LogP contribution in [0, 0.1) is 0 Å². The molecule has 1 amide bonds. The summed E-state index contributed by atoms with van der Waals surface area (Å²) < 4.78 is 5.66. The molecule has 110 valence electrons. The summed E-state index contributed by atoms with van der Waals surface area (Å²) in [7, 11) is 0. The lowest BCUT2D eigenvalue weighted by atomic mass is 9.94. The van der Waals surface area contributed by atoms with Gasteiger partial charge in [0.25, 0.3) is 0 Å². The SMILES string of the molecule is CC(C)Oc1ccc([C@@H]2CCC[C@H]2NCC(N)=O)cc1. The van der Waals surface area contributed by atoms with Crippen molar-refractivity contribution < 1.29 is 9.53 Å². The highest BCUT2D eigenvalue weighted by molar-refractivity contribution is 5.75. The third kappa shape index (κ3) is 3.97. The number of ether oxygens (including phenoxy) is 1. The van der Waals surface area contributed by atoms with Crippen LogP contribution in [0.1, 0.15) is 44.6 Å². The van der Waals surface area contributed by atoms with Crippen molar-refractivity contribution in [2.24, 2.45) is 5.73 Å². The highest BCUT2D eigenvalue weighted by Crippen LogP contribution is 2.35. The molecule has 1 aliphatic rings. The van der Waals surface area contributed by atoms with Crippen molar-refractivity contribution in [2.45, 2.75) is 51.2 Å². The van der Waals surface area contributed by atoms with E-state index in [1.54, 1.807) is 0 Å². The van der Waals surface area contributed by atoms with E-state index < -0.39 is 0 Å². The summed E-state index contributed by atoms with van der Waals surface area (Å²) in [4.78, 5) is 10.9. The zero-order valence-corrected chi connectivity index (χ0v) is 12.3. The minimum atomic E-state index is -0.295. The van der Waals surface area contributed by atoms with E-state index in [0.29, 0.717) is 12.0 Å². The predicted octanol–water partition coefficient (Wildman–Crippen LogP) is 2.18. The zero-order valence-electron chi connectivity index (χ0n) is 12.3. The van der Waals surface area contributed by atoms with Crippen LogP contribution in [0.25, 0.3) is 0 Å². The molecule has 2 atom stereocenters. The number of amides is 1. The molecule has 0 saturated heterocycles. The Labute approximate surface area is 120 Å². The van der Waals surface area contributed by atoms with Crippen molar-refractivity contribution >= 4 is 5.91 Å². The van der Waals surface area contributed by atoms with Gasteiger partial charge in [0.05, 0.1) is 12.6 Å². The van der Waals surface area contributed by atoms with Gasteiger partial charge in [-0.1, -0.05) is 18.6 Å². The maximum atomic E-state index is 10.9. The second-order valence-electron chi connectivity index (χ2n) is 5.73. The molecular formula is C16H24N2O2. The van der Waals surface area contributed by atoms with Gasteiger partial charge >= 0.3 is 0 Å². The molecule has 2 rings (SSSR count). The highest BCUT2D eigenvalue weighted by Gasteiger charge is 2.28. The molecule has 0 bridgehead atoms. The Hall–Kier alpha value is -1.55. The molecule has 20 heavy (non-hydrogen) atoms. The molecule has 4 heteroatoms. The van der Waals surface area contributed by atoms with Crippen LogP contribution >= 0.6 is 0 Å². The Morgan fingerprint density at radius 3 is 2.65 bits per heavy atom. The molecule has 1 aromatic carbocycles. The van der Waals surface area contributed by atoms with Crippen LogP contribution in [-0.4, -0.2) is 24.6 Å². The predicted molar refractivity (Wildman–Crippen MR) is 79.8 cm³/mol. The molecule has 4 nitrogen and oxygen atoms in total. The summed E-state index contributed by atoms with van der Waals surface area (Å²) in [6, 6.07) is 8.66. The van der Waals surface area contributed by atoms with Crippen LogP contribution < -0.4 is 15.8 Å². The van der Waals surface area contributed by atoms with E-state index in [1.807, 2.05) is 26.0 Å². The number of hydrogen-bond acceptors (Lipinski definition) is 3. The fourth-order valence-corrected chi connectivity index (χ4v) is 2.90. The van der Waals surface area contributed by atoms with Crippen molar-refractivity contribution in [3.8, 4) is 5.75 Å². The maximum Gasteiger partial charge on any atom is 0.231 e. The molecule has 0 radical (unpaired) electrons. The van der Waals surface area contributed by atoms with E-state index >= 15 is 0 Å². The highest BCUT2D eigenvalue weighted by atomic mass is 16.5. The smallest absolute Gasteiger partial charge is 0.231 e. The molecule has 3 N–H and O–H groups in total. The molecule has 0 spiro atoms. The Bertz CT molecular complexity index is 442. The van der Waals surface area contributed by atoms with Gasteiger partial charge in [-0.25, -0.2) is 0 Å². The Morgan fingerprint density at radius 1 is 1.35 bits per heavy atom. The fraction of sp³-hybridized carbons (Fsp3) is 0.562. The molecule has 1 saturated carbocycles. The van der Waals surface area contributed by atoms with Gasteiger partial charge in [0.1, 0.15) is 5.75 Å². The first-order chi connectivity index (χ1) is 9.56. The number of benzene rings is 1. The topological polar surface area (TPSA) is 64.3 Å². The van der Waals surface area contributed by atoms with Gasteiger partial charge in [-0.3, -0.25) is 4.79 Å². The van der Waals surface area contributed by atoms with Crippen LogP contribution in [0.15, 0.2) is 24.3 Å². The van der Waals surface area contributed by atoms with E-state index in [-0.39, 0.29) is 18.6 Å². The lowest BCUT2D eigenvalue weighted by Gasteiger charge is -2.21. The average molecular weight is 276 g/mol. The minimum absolute atomic E-state index is 0.192. The van der Waals surface area contributed by atoms with Crippen LogP contribution in [0.5, 0.6) is 5.75 Å². The molecular weight excluding hydrogens is 252 g/mol. The average Bonchev–Trinajstić information content (AvgIpc) is 2.85. The van der Waals surface area contributed by atoms with Gasteiger partial charge in [-0.2, -0.15) is 0 Å². The number of carbonyl (C=O) groups excluding carboxylic acids is 1. The van der Waals surface area contributed by atoms with Gasteiger partial charge in [0.15, 0.2) is 0 Å². The van der Waals surface area contributed by atoms with Crippen molar-refractivity contribution in [1.82, 2.24) is 5.32 Å². The van der Waals surface area contributed by atoms with Crippen LogP contribution in [0.3, 0.4) is 0 Å². The summed E-state index contributed by atoms with van der Waals surface area (Å²) in [5, 5.41) is 3.27. The molecule has 1 aromatic rings. The minimum Gasteiger partial charge on any atom is -0.491 e. The molecule has 1 fully saturated rings. The number of nitrogens with two attached hydrogens (primary N) is 1. The number of primary amides is 1. The van der Waals surface area contributed by atoms with E-state index in [9.17, 15) is 4.79 Å². The van der Waals surface area contributed by atoms with E-state index in [0.717, 1.165) is 18.6 Å². The van der Waals surface area contributed by atoms with Gasteiger partial charge in [-0.05, 0) is 50.3 Å². The summed E-state index contributed by atoms with van der Waals surface area (Å²) in [5.41, 5.74) is 6.51. The number of hydrogen-bond donors (Lipinski definition) is 2. The van der Waals surface area contributed by atoms with E-state index in [1.165, 1.54) is 12.0 Å². The summed E-state index contributed by atoms with van der Waals surface area (Å²) >= 11 is 0. The first-order valence-electron chi connectivity index (χ1n) is 7.34. The van der Waals surface area contributed by atoms with Crippen LogP contribution in [0.2, 0.25) is 0 Å². The van der Waals surface area contributed by atoms with E-state index in [2.05, 4.69) is 17.4 Å². The fourth-order valence-electron chi connectivity index (χ4n) is 2.90. The molecule has 0 heterocycles. The lowest BCUT2D eigenvalue weighted by molar-refractivity contribution is -0.117. The third-order valence-corrected chi connectivity index (χ3v) is 3.73. The number of carbonyl (C=O) groups is 1. The van der Waals surface area contributed by atoms with Crippen LogP contribution in [-0.2, 0) is 4.79 Å². The van der Waals surface area contributed by atoms with Crippen molar-refractivity contribution in [1.29, 1.82) is 0 Å². The third-order valence-electron chi connectivity index (χ3n) is 3.73. The Morgan fingerprint density at radius 2 is 2.05 bits per heavy atom. The van der Waals surface area contributed by atoms with Gasteiger partial charge < -0.3 is 15.8 Å². The van der Waals surface area contributed by atoms with E-state index in [4.69, 9.17) is 10.5 Å². The zero-order chi connectivity index (χ0) is 14.5. The molecule has 0 unspecified atom stereocenters. The first-order valence-corrected chi connectivity index (χ1v) is 7.34. The van der Waals surface area contributed by atoms with Crippen LogP contribution in [0.4, 0.5) is 0 Å². The van der Waals surface area contributed by atoms with Crippen molar-refractivity contribution in [3.63, 3.8) is 0 Å². The van der Waals surface area contributed by atoms with Gasteiger partial charge in [-0.15, -0.1) is 0 Å². The number of nitrogens with one attached hydrogen (secondary N) is 1. The van der Waals surface area contributed by atoms with Gasteiger partial charge in [0.2, 0.25) is 5.91 Å². The lowest BCUT2D eigenvalue weighted by Crippen LogP contribution is -2.37. The largest absolute Gasteiger partial charge is 0.491 e. The van der Waals surface area contributed by atoms with Crippen molar-refractivity contribution in [3.05, 3.63) is 29.8 Å². The Balaban J connectivity index is 2.00. The summed E-state index contributed by atoms with van der Waals surface area (Å²) in [6.45, 7) is 4.30. The Kier molecular flexibility index (Phi) is 5.01. The second-order valence-corrected chi connectivity index (χ2v) is 5.73. The first kappa shape index (κ1) is 14.9. The van der Waals surface area contributed by atoms with Crippen molar-refractivity contribution in [2.75, 3.05) is 6.54 Å².